The molecular formula is C13H9Cl2O. The Hall–Kier alpha value is -1.18. The molecule has 2 aromatic rings. The third-order valence-corrected chi connectivity index (χ3v) is 3.01. The first-order chi connectivity index (χ1) is 7.70. The second-order valence-electron chi connectivity index (χ2n) is 3.30. The van der Waals surface area contributed by atoms with Gasteiger partial charge in [-0.15, -0.1) is 0 Å². The lowest BCUT2D eigenvalue weighted by Gasteiger charge is -2.04. The summed E-state index contributed by atoms with van der Waals surface area (Å²) in [5.41, 5.74) is 2.07. The van der Waals surface area contributed by atoms with Crippen molar-refractivity contribution in [2.75, 3.05) is 0 Å². The van der Waals surface area contributed by atoms with Gasteiger partial charge in [-0.05, 0) is 35.4 Å². The van der Waals surface area contributed by atoms with E-state index in [1.807, 2.05) is 36.4 Å². The van der Waals surface area contributed by atoms with E-state index in [4.69, 9.17) is 27.9 Å². The van der Waals surface area contributed by atoms with E-state index in [9.17, 15) is 0 Å². The van der Waals surface area contributed by atoms with Crippen LogP contribution in [0, 0.1) is 7.11 Å². The van der Waals surface area contributed by atoms with Crippen molar-refractivity contribution in [1.29, 1.82) is 0 Å². The van der Waals surface area contributed by atoms with Gasteiger partial charge >= 0.3 is 0 Å². The van der Waals surface area contributed by atoms with Gasteiger partial charge in [0.1, 0.15) is 12.9 Å². The van der Waals surface area contributed by atoms with Gasteiger partial charge in [-0.25, -0.2) is 0 Å². The Balaban J connectivity index is 2.38. The third kappa shape index (κ3) is 2.31. The molecule has 0 aliphatic carbocycles. The summed E-state index contributed by atoms with van der Waals surface area (Å²) in [6.07, 6.45) is 0. The molecule has 0 saturated heterocycles. The van der Waals surface area contributed by atoms with Gasteiger partial charge in [0.05, 0.1) is 10.0 Å². The number of hydrogen-bond acceptors (Lipinski definition) is 1. The molecular weight excluding hydrogens is 243 g/mol. The van der Waals surface area contributed by atoms with Crippen LogP contribution in [0.1, 0.15) is 0 Å². The Morgan fingerprint density at radius 2 is 1.44 bits per heavy atom. The number of hydrogen-bond donors (Lipinski definition) is 0. The van der Waals surface area contributed by atoms with E-state index in [0.717, 1.165) is 16.9 Å². The van der Waals surface area contributed by atoms with Gasteiger partial charge in [-0.3, -0.25) is 0 Å². The molecule has 0 N–H and O–H groups in total. The molecule has 0 spiro atoms. The molecule has 0 aromatic heterocycles. The molecule has 0 aliphatic heterocycles. The molecule has 1 nitrogen and oxygen atoms in total. The van der Waals surface area contributed by atoms with Crippen molar-refractivity contribution in [1.82, 2.24) is 0 Å². The first kappa shape index (κ1) is 11.3. The van der Waals surface area contributed by atoms with E-state index in [1.54, 1.807) is 6.07 Å². The molecule has 2 rings (SSSR count). The number of benzene rings is 2. The summed E-state index contributed by atoms with van der Waals surface area (Å²) >= 11 is 11.8. The minimum Gasteiger partial charge on any atom is -0.490 e. The molecule has 0 atom stereocenters. The predicted molar refractivity (Wildman–Crippen MR) is 67.9 cm³/mol. The van der Waals surface area contributed by atoms with Gasteiger partial charge in [0.15, 0.2) is 0 Å². The second-order valence-corrected chi connectivity index (χ2v) is 4.11. The quantitative estimate of drug-likeness (QED) is 0.743. The Morgan fingerprint density at radius 1 is 0.812 bits per heavy atom. The van der Waals surface area contributed by atoms with E-state index in [0.29, 0.717) is 10.0 Å². The van der Waals surface area contributed by atoms with Crippen molar-refractivity contribution in [3.05, 3.63) is 59.6 Å². The lowest BCUT2D eigenvalue weighted by Crippen LogP contribution is -1.81. The fourth-order valence-electron chi connectivity index (χ4n) is 1.42. The third-order valence-electron chi connectivity index (χ3n) is 2.27. The highest BCUT2D eigenvalue weighted by molar-refractivity contribution is 6.42. The lowest BCUT2D eigenvalue weighted by atomic mass is 10.1. The molecule has 1 radical (unpaired) electrons. The lowest BCUT2D eigenvalue weighted by molar-refractivity contribution is 0.473. The summed E-state index contributed by atoms with van der Waals surface area (Å²) in [4.78, 5) is 0. The normalized spacial score (nSPS) is 10.2. The van der Waals surface area contributed by atoms with E-state index in [-0.39, 0.29) is 0 Å². The van der Waals surface area contributed by atoms with E-state index < -0.39 is 0 Å². The molecule has 0 aliphatic rings. The predicted octanol–water partition coefficient (Wildman–Crippen LogP) is 4.83. The van der Waals surface area contributed by atoms with Crippen molar-refractivity contribution < 1.29 is 4.74 Å². The van der Waals surface area contributed by atoms with Crippen LogP contribution in [0.5, 0.6) is 5.75 Å². The molecule has 16 heavy (non-hydrogen) atoms. The van der Waals surface area contributed by atoms with Crippen LogP contribution in [0.2, 0.25) is 10.0 Å². The number of halogens is 2. The van der Waals surface area contributed by atoms with Crippen molar-refractivity contribution in [2.45, 2.75) is 0 Å². The van der Waals surface area contributed by atoms with Crippen LogP contribution >= 0.6 is 23.2 Å². The van der Waals surface area contributed by atoms with Gasteiger partial charge in [0.25, 0.3) is 0 Å². The molecule has 0 saturated carbocycles. The zero-order valence-electron chi connectivity index (χ0n) is 8.41. The second kappa shape index (κ2) is 4.77. The Labute approximate surface area is 105 Å². The van der Waals surface area contributed by atoms with Crippen LogP contribution in [0.25, 0.3) is 11.1 Å². The molecule has 0 unspecified atom stereocenters. The maximum atomic E-state index is 5.96. The van der Waals surface area contributed by atoms with Crippen molar-refractivity contribution in [2.24, 2.45) is 0 Å². The average molecular weight is 252 g/mol. The summed E-state index contributed by atoms with van der Waals surface area (Å²) in [7, 11) is 3.35. The molecule has 3 heteroatoms. The van der Waals surface area contributed by atoms with Gasteiger partial charge in [-0.2, -0.15) is 0 Å². The van der Waals surface area contributed by atoms with Crippen LogP contribution in [0.4, 0.5) is 0 Å². The van der Waals surface area contributed by atoms with Crippen LogP contribution in [-0.4, -0.2) is 0 Å². The first-order valence-electron chi connectivity index (χ1n) is 4.68. The number of ether oxygens (including phenoxy) is 1. The fraction of sp³-hybridized carbons (Fsp3) is 0. The van der Waals surface area contributed by atoms with Gasteiger partial charge in [0, 0.05) is 0 Å². The Bertz CT molecular complexity index is 492. The van der Waals surface area contributed by atoms with Gasteiger partial charge < -0.3 is 4.74 Å². The molecule has 0 fully saturated rings. The van der Waals surface area contributed by atoms with E-state index >= 15 is 0 Å². The van der Waals surface area contributed by atoms with Crippen molar-refractivity contribution >= 4 is 23.2 Å². The van der Waals surface area contributed by atoms with Crippen LogP contribution in [0.15, 0.2) is 42.5 Å². The molecule has 0 bridgehead atoms. The summed E-state index contributed by atoms with van der Waals surface area (Å²) < 4.78 is 4.85. The average Bonchev–Trinajstić information content (AvgIpc) is 2.33. The zero-order valence-corrected chi connectivity index (χ0v) is 9.92. The molecule has 0 amide bonds. The Morgan fingerprint density at radius 3 is 2.00 bits per heavy atom. The summed E-state index contributed by atoms with van der Waals surface area (Å²) in [6.45, 7) is 0. The van der Waals surface area contributed by atoms with Crippen LogP contribution in [0.3, 0.4) is 0 Å². The van der Waals surface area contributed by atoms with Crippen LogP contribution < -0.4 is 4.74 Å². The van der Waals surface area contributed by atoms with Gasteiger partial charge in [0.2, 0.25) is 0 Å². The SMILES string of the molecule is [CH2]Oc1ccc(-c2ccc(Cl)c(Cl)c2)cc1. The topological polar surface area (TPSA) is 9.23 Å². The van der Waals surface area contributed by atoms with Crippen molar-refractivity contribution in [3.8, 4) is 16.9 Å². The largest absolute Gasteiger partial charge is 0.490 e. The maximum absolute atomic E-state index is 5.96. The highest BCUT2D eigenvalue weighted by Gasteiger charge is 2.02. The van der Waals surface area contributed by atoms with Crippen LogP contribution in [-0.2, 0) is 0 Å². The highest BCUT2D eigenvalue weighted by Crippen LogP contribution is 2.29. The summed E-state index contributed by atoms with van der Waals surface area (Å²) in [6, 6.07) is 13.1. The summed E-state index contributed by atoms with van der Waals surface area (Å²) in [5, 5.41) is 1.11. The van der Waals surface area contributed by atoms with Crippen molar-refractivity contribution in [3.63, 3.8) is 0 Å². The minimum absolute atomic E-state index is 0.552. The minimum atomic E-state index is 0.552. The molecule has 81 valence electrons. The fourth-order valence-corrected chi connectivity index (χ4v) is 1.72. The smallest absolute Gasteiger partial charge is 0.122 e. The Kier molecular flexibility index (Phi) is 3.37. The maximum Gasteiger partial charge on any atom is 0.122 e. The summed E-state index contributed by atoms with van der Waals surface area (Å²) in [5.74, 6) is 0.726. The molecule has 0 heterocycles. The molecule has 2 aromatic carbocycles. The standard InChI is InChI=1S/C13H9Cl2O/c1-16-11-5-2-9(3-6-11)10-4-7-12(14)13(15)8-10/h2-8H,1H2. The number of rotatable bonds is 2. The van der Waals surface area contributed by atoms with E-state index in [1.165, 1.54) is 0 Å². The van der Waals surface area contributed by atoms with Gasteiger partial charge in [-0.1, -0.05) is 41.4 Å². The highest BCUT2D eigenvalue weighted by atomic mass is 35.5. The zero-order chi connectivity index (χ0) is 11.5. The van der Waals surface area contributed by atoms with E-state index in [2.05, 4.69) is 7.11 Å². The first-order valence-corrected chi connectivity index (χ1v) is 5.44. The monoisotopic (exact) mass is 251 g/mol.